The fourth-order valence-electron chi connectivity index (χ4n) is 2.34. The zero-order valence-electron chi connectivity index (χ0n) is 13.9. The number of benzene rings is 2. The Hall–Kier alpha value is -1.94. The summed E-state index contributed by atoms with van der Waals surface area (Å²) in [6.45, 7) is 7.99. The number of rotatable bonds is 4. The zero-order chi connectivity index (χ0) is 17.0. The zero-order valence-corrected chi connectivity index (χ0v) is 15.5. The van der Waals surface area contributed by atoms with E-state index in [9.17, 15) is 4.79 Å². The number of hydrogen-bond donors (Lipinski definition) is 1. The van der Waals surface area contributed by atoms with Crippen molar-refractivity contribution in [1.82, 2.24) is 5.43 Å². The molecule has 0 aliphatic heterocycles. The highest BCUT2D eigenvalue weighted by Gasteiger charge is 2.06. The lowest BCUT2D eigenvalue weighted by molar-refractivity contribution is -0.120. The first-order valence-electron chi connectivity index (χ1n) is 7.52. The molecule has 1 amide bonds. The van der Waals surface area contributed by atoms with Crippen LogP contribution in [-0.2, 0) is 11.2 Å². The fraction of sp³-hybridized carbons (Fsp3) is 0.263. The van der Waals surface area contributed by atoms with E-state index in [1.807, 2.05) is 58.0 Å². The molecule has 4 heteroatoms. The van der Waals surface area contributed by atoms with Gasteiger partial charge in [-0.25, -0.2) is 5.43 Å². The summed E-state index contributed by atoms with van der Waals surface area (Å²) in [4.78, 5) is 12.1. The van der Waals surface area contributed by atoms with Gasteiger partial charge in [0.15, 0.2) is 0 Å². The molecule has 0 saturated carbocycles. The SMILES string of the molecule is C/C(=N\NC(=O)Cc1ccc(C)cc1C)c1ccc(Br)c(C)c1. The topological polar surface area (TPSA) is 41.5 Å². The number of hydrogen-bond acceptors (Lipinski definition) is 2. The number of carbonyl (C=O) groups excluding carboxylic acids is 1. The van der Waals surface area contributed by atoms with Crippen molar-refractivity contribution in [3.63, 3.8) is 0 Å². The highest BCUT2D eigenvalue weighted by atomic mass is 79.9. The van der Waals surface area contributed by atoms with Crippen molar-refractivity contribution in [1.29, 1.82) is 0 Å². The number of aryl methyl sites for hydroxylation is 3. The largest absolute Gasteiger partial charge is 0.273 e. The van der Waals surface area contributed by atoms with Gasteiger partial charge in [0.1, 0.15) is 0 Å². The van der Waals surface area contributed by atoms with Crippen molar-refractivity contribution in [2.24, 2.45) is 5.10 Å². The Morgan fingerprint density at radius 1 is 1.09 bits per heavy atom. The van der Waals surface area contributed by atoms with Crippen molar-refractivity contribution in [3.05, 3.63) is 68.7 Å². The Morgan fingerprint density at radius 3 is 2.48 bits per heavy atom. The van der Waals surface area contributed by atoms with Crippen LogP contribution in [0.1, 0.15) is 34.7 Å². The Kier molecular flexibility index (Phi) is 5.72. The van der Waals surface area contributed by atoms with Crippen LogP contribution in [0, 0.1) is 20.8 Å². The Bertz CT molecular complexity index is 766. The van der Waals surface area contributed by atoms with Crippen molar-refractivity contribution in [3.8, 4) is 0 Å². The summed E-state index contributed by atoms with van der Waals surface area (Å²) in [5, 5.41) is 4.21. The third-order valence-corrected chi connectivity index (χ3v) is 4.66. The van der Waals surface area contributed by atoms with Crippen LogP contribution in [-0.4, -0.2) is 11.6 Å². The summed E-state index contributed by atoms with van der Waals surface area (Å²) in [6.07, 6.45) is 0.336. The van der Waals surface area contributed by atoms with E-state index in [1.54, 1.807) is 0 Å². The molecule has 23 heavy (non-hydrogen) atoms. The van der Waals surface area contributed by atoms with E-state index in [1.165, 1.54) is 5.56 Å². The normalized spacial score (nSPS) is 11.4. The van der Waals surface area contributed by atoms with E-state index in [2.05, 4.69) is 32.5 Å². The van der Waals surface area contributed by atoms with E-state index in [4.69, 9.17) is 0 Å². The summed E-state index contributed by atoms with van der Waals surface area (Å²) in [6, 6.07) is 12.1. The van der Waals surface area contributed by atoms with Crippen LogP contribution in [0.15, 0.2) is 46.0 Å². The van der Waals surface area contributed by atoms with E-state index in [-0.39, 0.29) is 5.91 Å². The second-order valence-electron chi connectivity index (χ2n) is 5.80. The highest BCUT2D eigenvalue weighted by molar-refractivity contribution is 9.10. The van der Waals surface area contributed by atoms with Crippen LogP contribution in [0.5, 0.6) is 0 Å². The molecule has 120 valence electrons. The van der Waals surface area contributed by atoms with E-state index in [0.29, 0.717) is 6.42 Å². The van der Waals surface area contributed by atoms with E-state index < -0.39 is 0 Å². The molecule has 0 aliphatic rings. The molecule has 0 radical (unpaired) electrons. The van der Waals surface area contributed by atoms with Gasteiger partial charge in [-0.2, -0.15) is 5.10 Å². The molecule has 0 unspecified atom stereocenters. The lowest BCUT2D eigenvalue weighted by Gasteiger charge is -2.07. The minimum atomic E-state index is -0.106. The number of halogens is 1. The van der Waals surface area contributed by atoms with E-state index in [0.717, 1.165) is 32.4 Å². The summed E-state index contributed by atoms with van der Waals surface area (Å²) in [7, 11) is 0. The lowest BCUT2D eigenvalue weighted by atomic mass is 10.0. The molecule has 0 aliphatic carbocycles. The molecule has 0 heterocycles. The van der Waals surface area contributed by atoms with Crippen molar-refractivity contribution >= 4 is 27.5 Å². The molecule has 0 bridgehead atoms. The molecule has 3 nitrogen and oxygen atoms in total. The first kappa shape index (κ1) is 17.4. The predicted molar refractivity (Wildman–Crippen MR) is 98.9 cm³/mol. The number of carbonyl (C=O) groups is 1. The molecule has 0 fully saturated rings. The maximum absolute atomic E-state index is 12.1. The number of hydrazone groups is 1. The lowest BCUT2D eigenvalue weighted by Crippen LogP contribution is -2.21. The summed E-state index contributed by atoms with van der Waals surface area (Å²) >= 11 is 3.48. The van der Waals surface area contributed by atoms with Crippen molar-refractivity contribution in [2.45, 2.75) is 34.1 Å². The van der Waals surface area contributed by atoms with Gasteiger partial charge in [-0.05, 0) is 62.1 Å². The Balaban J connectivity index is 2.03. The average Bonchev–Trinajstić information content (AvgIpc) is 2.50. The maximum Gasteiger partial charge on any atom is 0.244 e. The van der Waals surface area contributed by atoms with Crippen molar-refractivity contribution < 1.29 is 4.79 Å². The molecular formula is C19H21BrN2O. The average molecular weight is 373 g/mol. The number of nitrogens with one attached hydrogen (secondary N) is 1. The first-order chi connectivity index (χ1) is 10.9. The van der Waals surface area contributed by atoms with Gasteiger partial charge in [0.25, 0.3) is 0 Å². The first-order valence-corrected chi connectivity index (χ1v) is 8.32. The standard InChI is InChI=1S/C19H21BrN2O/c1-12-5-6-16(13(2)9-12)11-19(23)22-21-15(4)17-7-8-18(20)14(3)10-17/h5-10H,11H2,1-4H3,(H,22,23)/b21-15+. The number of amides is 1. The van der Waals surface area contributed by atoms with Gasteiger partial charge in [-0.3, -0.25) is 4.79 Å². The Morgan fingerprint density at radius 2 is 1.83 bits per heavy atom. The molecule has 0 saturated heterocycles. The highest BCUT2D eigenvalue weighted by Crippen LogP contribution is 2.17. The second kappa shape index (κ2) is 7.55. The molecule has 2 aromatic rings. The van der Waals surface area contributed by atoms with Crippen LogP contribution < -0.4 is 5.43 Å². The predicted octanol–water partition coefficient (Wildman–Crippen LogP) is 4.46. The van der Waals surface area contributed by atoms with Crippen LogP contribution in [0.4, 0.5) is 0 Å². The van der Waals surface area contributed by atoms with Gasteiger partial charge in [-0.15, -0.1) is 0 Å². The molecule has 2 aromatic carbocycles. The quantitative estimate of drug-likeness (QED) is 0.624. The maximum atomic E-state index is 12.1. The smallest absolute Gasteiger partial charge is 0.244 e. The van der Waals surface area contributed by atoms with Gasteiger partial charge in [-0.1, -0.05) is 45.8 Å². The number of nitrogens with zero attached hydrogens (tertiary/aromatic N) is 1. The molecule has 2 rings (SSSR count). The minimum absolute atomic E-state index is 0.106. The molecule has 0 atom stereocenters. The summed E-state index contributed by atoms with van der Waals surface area (Å²) in [5.41, 5.74) is 8.92. The van der Waals surface area contributed by atoms with Crippen LogP contribution in [0.25, 0.3) is 0 Å². The van der Waals surface area contributed by atoms with Gasteiger partial charge in [0.2, 0.25) is 5.91 Å². The summed E-state index contributed by atoms with van der Waals surface area (Å²) in [5.74, 6) is -0.106. The molecule has 0 spiro atoms. The third-order valence-electron chi connectivity index (χ3n) is 3.77. The van der Waals surface area contributed by atoms with Gasteiger partial charge < -0.3 is 0 Å². The van der Waals surface area contributed by atoms with Crippen LogP contribution in [0.2, 0.25) is 0 Å². The summed E-state index contributed by atoms with van der Waals surface area (Å²) < 4.78 is 1.06. The monoisotopic (exact) mass is 372 g/mol. The van der Waals surface area contributed by atoms with Gasteiger partial charge in [0.05, 0.1) is 12.1 Å². The minimum Gasteiger partial charge on any atom is -0.273 e. The van der Waals surface area contributed by atoms with Gasteiger partial charge in [0, 0.05) is 4.47 Å². The molecular weight excluding hydrogens is 352 g/mol. The molecule has 0 aromatic heterocycles. The third kappa shape index (κ3) is 4.76. The van der Waals surface area contributed by atoms with Gasteiger partial charge >= 0.3 is 0 Å². The van der Waals surface area contributed by atoms with Crippen LogP contribution >= 0.6 is 15.9 Å². The Labute approximate surface area is 145 Å². The van der Waals surface area contributed by atoms with Crippen molar-refractivity contribution in [2.75, 3.05) is 0 Å². The fourth-order valence-corrected chi connectivity index (χ4v) is 2.58. The molecule has 1 N–H and O–H groups in total. The van der Waals surface area contributed by atoms with Crippen LogP contribution in [0.3, 0.4) is 0 Å². The second-order valence-corrected chi connectivity index (χ2v) is 6.66. The van der Waals surface area contributed by atoms with E-state index >= 15 is 0 Å².